The van der Waals surface area contributed by atoms with Gasteiger partial charge in [0, 0.05) is 24.2 Å². The molecule has 3 heterocycles. The Labute approximate surface area is 186 Å². The Morgan fingerprint density at radius 1 is 1.06 bits per heavy atom. The van der Waals surface area contributed by atoms with Gasteiger partial charge in [0.25, 0.3) is 0 Å². The molecule has 7 heteroatoms. The van der Waals surface area contributed by atoms with Crippen molar-refractivity contribution >= 4 is 28.2 Å². The van der Waals surface area contributed by atoms with Crippen LogP contribution >= 0.6 is 12.2 Å². The van der Waals surface area contributed by atoms with Crippen molar-refractivity contribution in [3.8, 4) is 11.5 Å². The zero-order valence-electron chi connectivity index (χ0n) is 17.3. The number of para-hydroxylation sites is 2. The molecular formula is C24H26N4O2S. The van der Waals surface area contributed by atoms with Crippen molar-refractivity contribution < 1.29 is 9.47 Å². The summed E-state index contributed by atoms with van der Waals surface area (Å²) >= 11 is 5.76. The van der Waals surface area contributed by atoms with Gasteiger partial charge in [0.05, 0.1) is 17.1 Å². The number of H-pyrrole nitrogens is 1. The molecule has 2 fully saturated rings. The van der Waals surface area contributed by atoms with E-state index in [0.717, 1.165) is 58.3 Å². The number of piperidine rings is 1. The number of benzene rings is 2. The van der Waals surface area contributed by atoms with Crippen molar-refractivity contribution in [3.63, 3.8) is 0 Å². The van der Waals surface area contributed by atoms with Gasteiger partial charge >= 0.3 is 0 Å². The van der Waals surface area contributed by atoms with Crippen molar-refractivity contribution in [2.24, 2.45) is 0 Å². The second-order valence-electron chi connectivity index (χ2n) is 8.68. The van der Waals surface area contributed by atoms with Gasteiger partial charge in [0.1, 0.15) is 24.0 Å². The molecule has 0 amide bonds. The van der Waals surface area contributed by atoms with Gasteiger partial charge in [-0.1, -0.05) is 24.4 Å². The van der Waals surface area contributed by atoms with Crippen molar-refractivity contribution in [1.29, 1.82) is 0 Å². The second kappa shape index (κ2) is 7.80. The normalized spacial score (nSPS) is 23.6. The monoisotopic (exact) mass is 434 g/mol. The average Bonchev–Trinajstić information content (AvgIpc) is 3.56. The predicted molar refractivity (Wildman–Crippen MR) is 124 cm³/mol. The van der Waals surface area contributed by atoms with Crippen LogP contribution in [-0.2, 0) is 0 Å². The maximum atomic E-state index is 5.76. The second-order valence-corrected chi connectivity index (χ2v) is 9.09. The van der Waals surface area contributed by atoms with Crippen molar-refractivity contribution in [2.75, 3.05) is 19.8 Å². The lowest BCUT2D eigenvalue weighted by atomic mass is 9.96. The maximum Gasteiger partial charge on any atom is 0.162 e. The molecule has 6 nitrogen and oxygen atoms in total. The molecule has 1 aliphatic carbocycles. The van der Waals surface area contributed by atoms with Gasteiger partial charge in [-0.15, -0.1) is 0 Å². The number of imidazole rings is 1. The third-order valence-electron chi connectivity index (χ3n) is 6.52. The quantitative estimate of drug-likeness (QED) is 0.606. The number of rotatable bonds is 4. The number of aromatic nitrogens is 2. The molecular weight excluding hydrogens is 408 g/mol. The van der Waals surface area contributed by atoms with Crippen LogP contribution in [0.3, 0.4) is 0 Å². The molecule has 1 aromatic heterocycles. The number of hydrogen-bond acceptors (Lipinski definition) is 5. The molecule has 2 aromatic carbocycles. The first-order valence-electron chi connectivity index (χ1n) is 11.2. The molecule has 160 valence electrons. The first-order chi connectivity index (χ1) is 15.2. The molecule has 0 spiro atoms. The summed E-state index contributed by atoms with van der Waals surface area (Å²) in [5, 5.41) is 3.62. The fourth-order valence-electron chi connectivity index (χ4n) is 4.81. The molecule has 1 saturated heterocycles. The van der Waals surface area contributed by atoms with Crippen LogP contribution in [0.1, 0.15) is 43.1 Å². The number of nitrogens with one attached hydrogen (secondary N) is 2. The summed E-state index contributed by atoms with van der Waals surface area (Å²) in [6.07, 6.45) is 4.66. The lowest BCUT2D eigenvalue weighted by Gasteiger charge is -2.39. The first-order valence-corrected chi connectivity index (χ1v) is 11.6. The third-order valence-corrected chi connectivity index (χ3v) is 6.88. The highest BCUT2D eigenvalue weighted by molar-refractivity contribution is 7.80. The van der Waals surface area contributed by atoms with E-state index < -0.39 is 0 Å². The topological polar surface area (TPSA) is 62.4 Å². The van der Waals surface area contributed by atoms with Gasteiger partial charge in [0.15, 0.2) is 11.5 Å². The number of likely N-dealkylation sites (tertiary alicyclic amines) is 1. The molecule has 2 atom stereocenters. The van der Waals surface area contributed by atoms with E-state index in [1.54, 1.807) is 0 Å². The molecule has 0 bridgehead atoms. The van der Waals surface area contributed by atoms with Gasteiger partial charge in [-0.3, -0.25) is 4.90 Å². The zero-order chi connectivity index (χ0) is 20.8. The van der Waals surface area contributed by atoms with Crippen LogP contribution in [-0.4, -0.2) is 51.7 Å². The number of aromatic amines is 1. The predicted octanol–water partition coefficient (Wildman–Crippen LogP) is 3.97. The zero-order valence-corrected chi connectivity index (χ0v) is 18.2. The summed E-state index contributed by atoms with van der Waals surface area (Å²) < 4.78 is 11.4. The highest BCUT2D eigenvalue weighted by atomic mass is 32.1. The Hall–Kier alpha value is -2.64. The first kappa shape index (κ1) is 19.1. The summed E-state index contributed by atoms with van der Waals surface area (Å²) in [4.78, 5) is 11.9. The van der Waals surface area contributed by atoms with Gasteiger partial charge < -0.3 is 19.8 Å². The highest BCUT2D eigenvalue weighted by Gasteiger charge is 2.40. The average molecular weight is 435 g/mol. The van der Waals surface area contributed by atoms with Crippen molar-refractivity contribution in [1.82, 2.24) is 20.2 Å². The van der Waals surface area contributed by atoms with Gasteiger partial charge in [-0.2, -0.15) is 0 Å². The summed E-state index contributed by atoms with van der Waals surface area (Å²) in [5.41, 5.74) is 3.12. The number of hydrogen-bond donors (Lipinski definition) is 2. The summed E-state index contributed by atoms with van der Waals surface area (Å²) in [6, 6.07) is 15.5. The third kappa shape index (κ3) is 3.77. The molecule has 2 N–H and O–H groups in total. The van der Waals surface area contributed by atoms with Gasteiger partial charge in [-0.05, 0) is 56.0 Å². The van der Waals surface area contributed by atoms with Gasteiger partial charge in [-0.25, -0.2) is 4.98 Å². The minimum absolute atomic E-state index is 0.286. The summed E-state index contributed by atoms with van der Waals surface area (Å²) in [6.45, 7) is 2.24. The van der Waals surface area contributed by atoms with E-state index in [9.17, 15) is 0 Å². The van der Waals surface area contributed by atoms with Crippen molar-refractivity contribution in [3.05, 3.63) is 53.9 Å². The fraction of sp³-hybridized carbons (Fsp3) is 0.417. The number of ether oxygens (including phenoxy) is 2. The van der Waals surface area contributed by atoms with E-state index in [-0.39, 0.29) is 6.04 Å². The molecule has 0 radical (unpaired) electrons. The van der Waals surface area contributed by atoms with E-state index in [1.807, 2.05) is 24.3 Å². The van der Waals surface area contributed by atoms with Crippen LogP contribution in [0.2, 0.25) is 0 Å². The number of thiocarbonyl (C=S) groups is 1. The molecule has 6 rings (SSSR count). The lowest BCUT2D eigenvalue weighted by molar-refractivity contribution is 0.117. The Kier molecular flexibility index (Phi) is 4.80. The highest BCUT2D eigenvalue weighted by Crippen LogP contribution is 2.39. The minimum atomic E-state index is 0.286. The Balaban J connectivity index is 1.21. The summed E-state index contributed by atoms with van der Waals surface area (Å²) in [5.74, 6) is 2.64. The number of fused-ring (bicyclic) bond motifs is 2. The van der Waals surface area contributed by atoms with Crippen LogP contribution in [0.5, 0.6) is 11.5 Å². The molecule has 31 heavy (non-hydrogen) atoms. The standard InChI is InChI=1S/C24H26N4O2S/c31-24(15-5-8-21-22(13-15)30-12-11-29-21)25-16-9-10-28(17-6-7-17)20(14-16)23-26-18-3-1-2-4-19(18)27-23/h1-5,8,13,16-17,20H,6-7,9-12,14H2,(H,25,31)(H,26,27)/t16-,20-/m1/s1. The van der Waals surface area contributed by atoms with Crippen LogP contribution in [0, 0.1) is 0 Å². The van der Waals surface area contributed by atoms with Crippen LogP contribution < -0.4 is 14.8 Å². The largest absolute Gasteiger partial charge is 0.486 e. The van der Waals surface area contributed by atoms with Crippen molar-refractivity contribution in [2.45, 2.75) is 43.8 Å². The van der Waals surface area contributed by atoms with Crippen LogP contribution in [0.15, 0.2) is 42.5 Å². The molecule has 0 unspecified atom stereocenters. The minimum Gasteiger partial charge on any atom is -0.486 e. The molecule has 3 aliphatic rings. The molecule has 2 aliphatic heterocycles. The fourth-order valence-corrected chi connectivity index (χ4v) is 5.10. The summed E-state index contributed by atoms with van der Waals surface area (Å²) in [7, 11) is 0. The SMILES string of the molecule is S=C(N[C@@H]1CCN(C2CC2)[C@@H](c2nc3ccccc3[nH]2)C1)c1ccc2c(c1)OCCO2. The van der Waals surface area contributed by atoms with E-state index in [1.165, 1.54) is 12.8 Å². The molecule has 3 aromatic rings. The Morgan fingerprint density at radius 3 is 2.74 bits per heavy atom. The Bertz CT molecular complexity index is 1090. The van der Waals surface area contributed by atoms with E-state index >= 15 is 0 Å². The lowest BCUT2D eigenvalue weighted by Crippen LogP contribution is -2.47. The van der Waals surface area contributed by atoms with Gasteiger partial charge in [0.2, 0.25) is 0 Å². The smallest absolute Gasteiger partial charge is 0.162 e. The molecule has 1 saturated carbocycles. The Morgan fingerprint density at radius 2 is 1.90 bits per heavy atom. The van der Waals surface area contributed by atoms with Crippen LogP contribution in [0.4, 0.5) is 0 Å². The maximum absolute atomic E-state index is 5.76. The number of nitrogens with zero attached hydrogens (tertiary/aromatic N) is 2. The van der Waals surface area contributed by atoms with Crippen LogP contribution in [0.25, 0.3) is 11.0 Å². The van der Waals surface area contributed by atoms with E-state index in [2.05, 4.69) is 33.4 Å². The van der Waals surface area contributed by atoms with E-state index in [4.69, 9.17) is 26.7 Å². The van der Waals surface area contributed by atoms with E-state index in [0.29, 0.717) is 25.3 Å².